The van der Waals surface area contributed by atoms with Gasteiger partial charge in [0, 0.05) is 70.1 Å². The van der Waals surface area contributed by atoms with Crippen molar-refractivity contribution in [2.24, 2.45) is 0 Å². The lowest BCUT2D eigenvalue weighted by atomic mass is 9.92. The van der Waals surface area contributed by atoms with E-state index in [1.807, 2.05) is 0 Å². The van der Waals surface area contributed by atoms with E-state index in [0.717, 1.165) is 31.7 Å². The first-order valence-electron chi connectivity index (χ1n) is 19.6. The molecule has 14 nitrogen and oxygen atoms in total. The van der Waals surface area contributed by atoms with Crippen LogP contribution >= 0.6 is 22.7 Å². The molecule has 2 aromatic heterocycles. The number of hydrogen-bond acceptors (Lipinski definition) is 10. The van der Waals surface area contributed by atoms with Crippen molar-refractivity contribution >= 4 is 68.4 Å². The predicted octanol–water partition coefficient (Wildman–Crippen LogP) is 7.86. The predicted molar refractivity (Wildman–Crippen MR) is 235 cm³/mol. The second-order valence-corrected chi connectivity index (χ2v) is 16.5. The third-order valence-electron chi connectivity index (χ3n) is 10.2. The minimum absolute atomic E-state index is 0.0392. The highest BCUT2D eigenvalue weighted by atomic mass is 32.1. The number of aromatic nitrogens is 2. The largest absolute Gasteiger partial charge is 0.478 e. The Balaban J connectivity index is 0.000000189. The monoisotopic (exact) mass is 891 g/mol. The number of nitrogens with one attached hydrogen (secondary N) is 5. The van der Waals surface area contributed by atoms with E-state index >= 15 is 0 Å². The van der Waals surface area contributed by atoms with E-state index in [4.69, 9.17) is 0 Å². The molecule has 0 saturated heterocycles. The minimum atomic E-state index is -1.20. The number of amides is 5. The summed E-state index contributed by atoms with van der Waals surface area (Å²) in [6.07, 6.45) is 6.69. The van der Waals surface area contributed by atoms with Gasteiger partial charge in [-0.15, -0.1) is 22.7 Å². The SMILES string of the molecule is CNC(=O)c1ccc(-c2cc(C(=O)NC3CC3)cc(F)c2C)c(C(=O)Nc2nccs2)c1.Cc1c(F)cc(C(=O)NC2CC2)cc1-c1ccc(C(=O)O)cc1C(=O)Nc1nccs1. The molecular formula is C45H39F2N7O7S2. The molecule has 2 aliphatic carbocycles. The fourth-order valence-electron chi connectivity index (χ4n) is 6.42. The molecule has 63 heavy (non-hydrogen) atoms. The Morgan fingerprint density at radius 2 is 1.00 bits per heavy atom. The number of rotatable bonds is 12. The maximum atomic E-state index is 14.8. The van der Waals surface area contributed by atoms with Gasteiger partial charge in [0.05, 0.1) is 5.56 Å². The number of carbonyl (C=O) groups is 6. The Morgan fingerprint density at radius 1 is 0.571 bits per heavy atom. The van der Waals surface area contributed by atoms with Gasteiger partial charge in [0.25, 0.3) is 29.5 Å². The van der Waals surface area contributed by atoms with Crippen LogP contribution in [0.5, 0.6) is 0 Å². The summed E-state index contributed by atoms with van der Waals surface area (Å²) < 4.78 is 29.5. The molecular weight excluding hydrogens is 853 g/mol. The molecule has 4 aromatic carbocycles. The smallest absolute Gasteiger partial charge is 0.335 e. The van der Waals surface area contributed by atoms with E-state index in [0.29, 0.717) is 38.1 Å². The topological polar surface area (TPSA) is 209 Å². The quantitative estimate of drug-likeness (QED) is 0.0706. The van der Waals surface area contributed by atoms with Crippen LogP contribution in [0.25, 0.3) is 22.3 Å². The lowest BCUT2D eigenvalue weighted by Crippen LogP contribution is -2.25. The van der Waals surface area contributed by atoms with Crippen molar-refractivity contribution in [3.05, 3.63) is 140 Å². The third-order valence-corrected chi connectivity index (χ3v) is 11.6. The van der Waals surface area contributed by atoms with Gasteiger partial charge >= 0.3 is 5.97 Å². The molecule has 18 heteroatoms. The number of nitrogens with zero attached hydrogens (tertiary/aromatic N) is 2. The van der Waals surface area contributed by atoms with Gasteiger partial charge in [-0.05, 0) is 121 Å². The molecule has 0 bridgehead atoms. The summed E-state index contributed by atoms with van der Waals surface area (Å²) in [5.74, 6) is -4.52. The lowest BCUT2D eigenvalue weighted by Gasteiger charge is -2.15. The van der Waals surface area contributed by atoms with Gasteiger partial charge in [0.1, 0.15) is 11.6 Å². The van der Waals surface area contributed by atoms with Gasteiger partial charge in [-0.3, -0.25) is 34.6 Å². The normalized spacial score (nSPS) is 12.9. The Labute approximate surface area is 367 Å². The molecule has 0 atom stereocenters. The molecule has 2 heterocycles. The van der Waals surface area contributed by atoms with Crippen LogP contribution in [0.3, 0.4) is 0 Å². The number of halogens is 2. The molecule has 0 radical (unpaired) electrons. The Morgan fingerprint density at radius 3 is 1.38 bits per heavy atom. The average Bonchev–Trinajstić information content (AvgIpc) is 4.16. The van der Waals surface area contributed by atoms with Gasteiger partial charge in [0.15, 0.2) is 10.3 Å². The first kappa shape index (κ1) is 43.9. The third kappa shape index (κ3) is 10.5. The first-order valence-corrected chi connectivity index (χ1v) is 21.3. The van der Waals surface area contributed by atoms with E-state index < -0.39 is 35.3 Å². The number of aromatic carboxylic acids is 1. The molecule has 8 rings (SSSR count). The molecule has 0 aliphatic heterocycles. The van der Waals surface area contributed by atoms with E-state index in [1.54, 1.807) is 49.0 Å². The average molecular weight is 892 g/mol. The molecule has 322 valence electrons. The van der Waals surface area contributed by atoms with Crippen molar-refractivity contribution in [1.29, 1.82) is 0 Å². The summed E-state index contributed by atoms with van der Waals surface area (Å²) in [4.78, 5) is 82.7. The molecule has 0 spiro atoms. The number of thiazole rings is 2. The molecule has 0 unspecified atom stereocenters. The summed E-state index contributed by atoms with van der Waals surface area (Å²) in [7, 11) is 1.49. The molecule has 2 aliphatic rings. The number of anilines is 2. The van der Waals surface area contributed by atoms with Crippen molar-refractivity contribution < 1.29 is 42.7 Å². The van der Waals surface area contributed by atoms with Crippen LogP contribution in [0.4, 0.5) is 19.0 Å². The molecule has 2 saturated carbocycles. The Bertz CT molecular complexity index is 2770. The number of hydrogen-bond donors (Lipinski definition) is 6. The van der Waals surface area contributed by atoms with E-state index in [-0.39, 0.29) is 62.8 Å². The first-order chi connectivity index (χ1) is 30.2. The summed E-state index contributed by atoms with van der Waals surface area (Å²) in [6, 6.07) is 14.3. The maximum absolute atomic E-state index is 14.8. The highest BCUT2D eigenvalue weighted by Crippen LogP contribution is 2.34. The maximum Gasteiger partial charge on any atom is 0.335 e. The number of carboxylic acid groups (broad SMARTS) is 1. The van der Waals surface area contributed by atoms with E-state index in [9.17, 15) is 42.7 Å². The number of benzene rings is 4. The zero-order chi connectivity index (χ0) is 44.9. The zero-order valence-corrected chi connectivity index (χ0v) is 35.6. The molecule has 6 aromatic rings. The van der Waals surface area contributed by atoms with E-state index in [2.05, 4.69) is 36.6 Å². The van der Waals surface area contributed by atoms with Crippen LogP contribution in [-0.2, 0) is 0 Å². The Kier molecular flexibility index (Phi) is 13.1. The van der Waals surface area contributed by atoms with Crippen molar-refractivity contribution in [3.63, 3.8) is 0 Å². The van der Waals surface area contributed by atoms with Crippen molar-refractivity contribution in [1.82, 2.24) is 25.9 Å². The van der Waals surface area contributed by atoms with Gasteiger partial charge in [-0.2, -0.15) is 0 Å². The number of carbonyl (C=O) groups excluding carboxylic acids is 5. The molecule has 5 amide bonds. The fourth-order valence-corrected chi connectivity index (χ4v) is 7.47. The van der Waals surface area contributed by atoms with Crippen molar-refractivity contribution in [2.45, 2.75) is 51.6 Å². The fraction of sp³-hybridized carbons (Fsp3) is 0.200. The summed E-state index contributed by atoms with van der Waals surface area (Å²) in [6.45, 7) is 3.13. The highest BCUT2D eigenvalue weighted by molar-refractivity contribution is 7.14. The van der Waals surface area contributed by atoms with Gasteiger partial charge in [-0.1, -0.05) is 12.1 Å². The van der Waals surface area contributed by atoms with Crippen LogP contribution in [-0.4, -0.2) is 69.7 Å². The van der Waals surface area contributed by atoms with Gasteiger partial charge < -0.3 is 21.1 Å². The summed E-state index contributed by atoms with van der Waals surface area (Å²) in [5.41, 5.74) is 2.71. The van der Waals surface area contributed by atoms with E-state index in [1.165, 1.54) is 72.3 Å². The van der Waals surface area contributed by atoms with Crippen LogP contribution in [0.2, 0.25) is 0 Å². The number of carboxylic acids is 1. The highest BCUT2D eigenvalue weighted by Gasteiger charge is 2.27. The molecule has 6 N–H and O–H groups in total. The molecule has 2 fully saturated rings. The van der Waals surface area contributed by atoms with Crippen molar-refractivity contribution in [3.8, 4) is 22.3 Å². The second-order valence-electron chi connectivity index (χ2n) is 14.7. The second kappa shape index (κ2) is 18.8. The minimum Gasteiger partial charge on any atom is -0.478 e. The lowest BCUT2D eigenvalue weighted by molar-refractivity contribution is 0.0695. The van der Waals surface area contributed by atoms with Crippen LogP contribution < -0.4 is 26.6 Å². The standard InChI is InChI=1S/C23H21FN4O3S.C22H18FN3O4S/c1-12-17(10-14(11-19(12)24)21(30)27-15-4-5-15)16-6-3-13(20(29)25-2)9-18(16)22(31)28-23-26-7-8-32-23;1-11-16(9-13(10-18(11)23)19(27)25-14-3-4-14)15-5-2-12(21(29)30)8-17(15)20(28)26-22-24-6-7-31-22/h3,6-11,15H,4-5H2,1-2H3,(H,25,29)(H,27,30)(H,26,28,31);2,5-10,14H,3-4H2,1H3,(H,25,27)(H,29,30)(H,24,26,28). The van der Waals surface area contributed by atoms with Crippen LogP contribution in [0.15, 0.2) is 83.8 Å². The van der Waals surface area contributed by atoms with Crippen LogP contribution in [0, 0.1) is 25.5 Å². The van der Waals surface area contributed by atoms with Gasteiger partial charge in [0.2, 0.25) is 0 Å². The van der Waals surface area contributed by atoms with Crippen molar-refractivity contribution in [2.75, 3.05) is 17.7 Å². The summed E-state index contributed by atoms with van der Waals surface area (Å²) in [5, 5.41) is 27.0. The summed E-state index contributed by atoms with van der Waals surface area (Å²) >= 11 is 2.46. The Hall–Kier alpha value is -7.18. The zero-order valence-electron chi connectivity index (χ0n) is 33.9. The van der Waals surface area contributed by atoms with Crippen LogP contribution in [0.1, 0.15) is 99.0 Å². The van der Waals surface area contributed by atoms with Gasteiger partial charge in [-0.25, -0.2) is 23.5 Å².